The maximum atomic E-state index is 12.3. The molecule has 2 aromatic carbocycles. The highest BCUT2D eigenvalue weighted by Gasteiger charge is 2.16. The molecule has 0 radical (unpaired) electrons. The maximum absolute atomic E-state index is 12.3. The summed E-state index contributed by atoms with van der Waals surface area (Å²) in [5.74, 6) is -0.819. The van der Waals surface area contributed by atoms with Gasteiger partial charge in [-0.25, -0.2) is 9.78 Å². The number of hydrogen-bond donors (Lipinski definition) is 2. The average molecular weight is 394 g/mol. The number of aromatic nitrogens is 1. The summed E-state index contributed by atoms with van der Waals surface area (Å²) in [4.78, 5) is 28.2. The van der Waals surface area contributed by atoms with E-state index in [1.807, 2.05) is 23.6 Å². The molecule has 0 saturated heterocycles. The highest BCUT2D eigenvalue weighted by Crippen LogP contribution is 2.34. The summed E-state index contributed by atoms with van der Waals surface area (Å²) >= 11 is 1.33. The van der Waals surface area contributed by atoms with Crippen LogP contribution < -0.4 is 10.1 Å². The van der Waals surface area contributed by atoms with Crippen LogP contribution in [0.3, 0.4) is 0 Å². The Kier molecular flexibility index (Phi) is 4.77. The van der Waals surface area contributed by atoms with Crippen LogP contribution in [0.4, 0.5) is 5.69 Å². The predicted octanol–water partition coefficient (Wildman–Crippen LogP) is 4.27. The van der Waals surface area contributed by atoms with Gasteiger partial charge >= 0.3 is 5.97 Å². The Morgan fingerprint density at radius 3 is 2.75 bits per heavy atom. The highest BCUT2D eigenvalue weighted by molar-refractivity contribution is 7.12. The van der Waals surface area contributed by atoms with Crippen molar-refractivity contribution in [3.05, 3.63) is 64.9 Å². The number of carbonyl (C=O) groups is 2. The molecule has 140 valence electrons. The number of rotatable bonds is 6. The molecule has 0 atom stereocenters. The van der Waals surface area contributed by atoms with E-state index in [4.69, 9.17) is 14.3 Å². The molecular formula is C20H14N2O5S. The molecule has 4 aromatic rings. The van der Waals surface area contributed by atoms with E-state index in [-0.39, 0.29) is 11.7 Å². The fraction of sp³-hybridized carbons (Fsp3) is 0.0500. The molecule has 8 heteroatoms. The second-order valence-electron chi connectivity index (χ2n) is 5.81. The zero-order chi connectivity index (χ0) is 19.5. The number of nitrogens with one attached hydrogen (secondary N) is 1. The largest absolute Gasteiger partial charge is 0.481 e. The van der Waals surface area contributed by atoms with Crippen LogP contribution in [0.5, 0.6) is 5.75 Å². The van der Waals surface area contributed by atoms with Gasteiger partial charge in [0.1, 0.15) is 11.3 Å². The molecule has 0 aliphatic carbocycles. The van der Waals surface area contributed by atoms with E-state index in [1.165, 1.54) is 11.3 Å². The lowest BCUT2D eigenvalue weighted by molar-refractivity contribution is -0.139. The van der Waals surface area contributed by atoms with Crippen LogP contribution in [-0.2, 0) is 4.79 Å². The van der Waals surface area contributed by atoms with Crippen molar-refractivity contribution in [2.24, 2.45) is 0 Å². The maximum Gasteiger partial charge on any atom is 0.341 e. The Morgan fingerprint density at radius 2 is 2.00 bits per heavy atom. The molecule has 0 fully saturated rings. The number of aliphatic carboxylic acids is 1. The summed E-state index contributed by atoms with van der Waals surface area (Å²) in [6.45, 7) is -0.532. The van der Waals surface area contributed by atoms with Crippen molar-refractivity contribution >= 4 is 40.0 Å². The molecule has 0 unspecified atom stereocenters. The van der Waals surface area contributed by atoms with Crippen molar-refractivity contribution < 1.29 is 23.8 Å². The molecule has 0 saturated carbocycles. The van der Waals surface area contributed by atoms with Crippen molar-refractivity contribution in [2.45, 2.75) is 0 Å². The van der Waals surface area contributed by atoms with Crippen molar-refractivity contribution in [2.75, 3.05) is 11.9 Å². The molecule has 0 spiro atoms. The van der Waals surface area contributed by atoms with Crippen LogP contribution in [0.15, 0.2) is 64.4 Å². The average Bonchev–Trinajstić information content (AvgIpc) is 3.36. The summed E-state index contributed by atoms with van der Waals surface area (Å²) in [5, 5.41) is 13.5. The summed E-state index contributed by atoms with van der Waals surface area (Å²) in [7, 11) is 0. The fourth-order valence-corrected chi connectivity index (χ4v) is 3.24. The lowest BCUT2D eigenvalue weighted by atomic mass is 10.1. The first-order valence-corrected chi connectivity index (χ1v) is 9.17. The first-order chi connectivity index (χ1) is 13.6. The van der Waals surface area contributed by atoms with Gasteiger partial charge < -0.3 is 19.6 Å². The van der Waals surface area contributed by atoms with Gasteiger partial charge in [-0.05, 0) is 35.7 Å². The molecular weight excluding hydrogens is 380 g/mol. The number of hydrogen-bond acceptors (Lipinski definition) is 6. The van der Waals surface area contributed by atoms with Crippen LogP contribution in [0.2, 0.25) is 0 Å². The van der Waals surface area contributed by atoms with E-state index in [9.17, 15) is 9.59 Å². The van der Waals surface area contributed by atoms with Gasteiger partial charge in [-0.15, -0.1) is 11.3 Å². The van der Waals surface area contributed by atoms with Gasteiger partial charge in [0.05, 0.1) is 10.4 Å². The highest BCUT2D eigenvalue weighted by atomic mass is 32.1. The monoisotopic (exact) mass is 394 g/mol. The third-order valence-electron chi connectivity index (χ3n) is 3.86. The van der Waals surface area contributed by atoms with Crippen molar-refractivity contribution in [3.8, 4) is 17.2 Å². The SMILES string of the molecule is O=C(O)COc1cc(NC(=O)c2cccs2)ccc1-c1nc2ccccc2o1. The van der Waals surface area contributed by atoms with Crippen molar-refractivity contribution in [1.82, 2.24) is 4.98 Å². The number of amides is 1. The van der Waals surface area contributed by atoms with Gasteiger partial charge in [0.25, 0.3) is 5.91 Å². The number of ether oxygens (including phenoxy) is 1. The van der Waals surface area contributed by atoms with Gasteiger partial charge in [0.2, 0.25) is 5.89 Å². The Balaban J connectivity index is 1.68. The van der Waals surface area contributed by atoms with Gasteiger partial charge in [-0.1, -0.05) is 18.2 Å². The summed E-state index contributed by atoms with van der Waals surface area (Å²) < 4.78 is 11.2. The molecule has 0 aliphatic heterocycles. The molecule has 0 aliphatic rings. The normalized spacial score (nSPS) is 10.7. The number of oxazole rings is 1. The first-order valence-electron chi connectivity index (χ1n) is 8.29. The number of para-hydroxylation sites is 2. The van der Waals surface area contributed by atoms with E-state index in [0.717, 1.165) is 0 Å². The third-order valence-corrected chi connectivity index (χ3v) is 4.73. The molecule has 7 nitrogen and oxygen atoms in total. The number of carboxylic acid groups (broad SMARTS) is 1. The number of fused-ring (bicyclic) bond motifs is 1. The zero-order valence-electron chi connectivity index (χ0n) is 14.4. The fourth-order valence-electron chi connectivity index (χ4n) is 2.62. The van der Waals surface area contributed by atoms with Gasteiger partial charge in [-0.2, -0.15) is 0 Å². The first kappa shape index (κ1) is 17.7. The summed E-state index contributed by atoms with van der Waals surface area (Å²) in [6, 6.07) is 15.7. The molecule has 2 heterocycles. The quantitative estimate of drug-likeness (QED) is 0.506. The number of nitrogens with zero attached hydrogens (tertiary/aromatic N) is 1. The minimum atomic E-state index is -1.11. The molecule has 0 bridgehead atoms. The summed E-state index contributed by atoms with van der Waals surface area (Å²) in [6.07, 6.45) is 0. The molecule has 28 heavy (non-hydrogen) atoms. The summed E-state index contributed by atoms with van der Waals surface area (Å²) in [5.41, 5.74) is 2.25. The topological polar surface area (TPSA) is 102 Å². The lowest BCUT2D eigenvalue weighted by Gasteiger charge is -2.11. The number of benzene rings is 2. The van der Waals surface area contributed by atoms with Crippen LogP contribution in [0.1, 0.15) is 9.67 Å². The minimum absolute atomic E-state index is 0.248. The second-order valence-corrected chi connectivity index (χ2v) is 6.76. The molecule has 2 aromatic heterocycles. The Hall–Kier alpha value is -3.65. The number of anilines is 1. The van der Waals surface area contributed by atoms with E-state index in [2.05, 4.69) is 10.3 Å². The molecule has 4 rings (SSSR count). The van der Waals surface area contributed by atoms with Crippen LogP contribution in [-0.4, -0.2) is 28.6 Å². The van der Waals surface area contributed by atoms with E-state index in [0.29, 0.717) is 33.1 Å². The Bertz CT molecular complexity index is 1120. The smallest absolute Gasteiger partial charge is 0.341 e. The number of carbonyl (C=O) groups excluding carboxylic acids is 1. The van der Waals surface area contributed by atoms with Gasteiger partial charge in [-0.3, -0.25) is 4.79 Å². The van der Waals surface area contributed by atoms with Gasteiger partial charge in [0.15, 0.2) is 12.2 Å². The predicted molar refractivity (Wildman–Crippen MR) is 105 cm³/mol. The van der Waals surface area contributed by atoms with Crippen molar-refractivity contribution in [1.29, 1.82) is 0 Å². The number of carboxylic acids is 1. The standard InChI is InChI=1S/C20H14N2O5S/c23-18(24)11-26-16-10-12(21-19(25)17-6-3-9-28-17)7-8-13(16)20-22-14-4-1-2-5-15(14)27-20/h1-10H,11H2,(H,21,25)(H,23,24). The molecule has 2 N–H and O–H groups in total. The van der Waals surface area contributed by atoms with Crippen LogP contribution >= 0.6 is 11.3 Å². The van der Waals surface area contributed by atoms with Gasteiger partial charge in [0, 0.05) is 11.8 Å². The van der Waals surface area contributed by atoms with Crippen molar-refractivity contribution in [3.63, 3.8) is 0 Å². The molecule has 1 amide bonds. The number of thiophene rings is 1. The van der Waals surface area contributed by atoms with Crippen LogP contribution in [0.25, 0.3) is 22.6 Å². The zero-order valence-corrected chi connectivity index (χ0v) is 15.2. The Labute approximate surface area is 163 Å². The minimum Gasteiger partial charge on any atom is -0.481 e. The van der Waals surface area contributed by atoms with E-state index >= 15 is 0 Å². The lowest BCUT2D eigenvalue weighted by Crippen LogP contribution is -2.12. The third kappa shape index (κ3) is 3.72. The van der Waals surface area contributed by atoms with E-state index < -0.39 is 12.6 Å². The second kappa shape index (κ2) is 7.53. The Morgan fingerprint density at radius 1 is 1.14 bits per heavy atom. The van der Waals surface area contributed by atoms with Crippen LogP contribution in [0, 0.1) is 0 Å². The van der Waals surface area contributed by atoms with E-state index in [1.54, 1.807) is 36.4 Å².